The first kappa shape index (κ1) is 16.2. The highest BCUT2D eigenvalue weighted by Gasteiger charge is 2.28. The minimum Gasteiger partial charge on any atom is -0.383 e. The fraction of sp³-hybridized carbons (Fsp3) is 0.647. The van der Waals surface area contributed by atoms with Crippen molar-refractivity contribution < 1.29 is 4.74 Å². The third kappa shape index (κ3) is 5.33. The van der Waals surface area contributed by atoms with Gasteiger partial charge in [-0.15, -0.1) is 0 Å². The number of benzene rings is 1. The summed E-state index contributed by atoms with van der Waals surface area (Å²) in [7, 11) is 1.75. The highest BCUT2D eigenvalue weighted by Crippen LogP contribution is 2.30. The van der Waals surface area contributed by atoms with Crippen LogP contribution in [0, 0.1) is 18.3 Å². The van der Waals surface area contributed by atoms with Crippen LogP contribution in [0.15, 0.2) is 24.3 Å². The Labute approximate surface area is 118 Å². The van der Waals surface area contributed by atoms with Crippen molar-refractivity contribution in [1.82, 2.24) is 5.32 Å². The van der Waals surface area contributed by atoms with E-state index < -0.39 is 0 Å². The molecule has 0 aliphatic carbocycles. The van der Waals surface area contributed by atoms with Crippen molar-refractivity contribution >= 4 is 0 Å². The van der Waals surface area contributed by atoms with E-state index in [1.807, 2.05) is 0 Å². The molecule has 1 unspecified atom stereocenters. The molecule has 2 nitrogen and oxygen atoms in total. The standard InChI is InChI=1S/C17H29NO/c1-14(2)17(4,13-18-9-10-19-5)12-16-8-6-7-15(3)11-16/h6-8,11,14,18H,9-10,12-13H2,1-5H3. The molecule has 0 spiro atoms. The van der Waals surface area contributed by atoms with Gasteiger partial charge in [0, 0.05) is 20.2 Å². The number of methoxy groups -OCH3 is 1. The predicted molar refractivity (Wildman–Crippen MR) is 82.6 cm³/mol. The van der Waals surface area contributed by atoms with E-state index in [0.29, 0.717) is 5.92 Å². The van der Waals surface area contributed by atoms with E-state index >= 15 is 0 Å². The molecule has 0 heterocycles. The van der Waals surface area contributed by atoms with Gasteiger partial charge in [-0.1, -0.05) is 50.6 Å². The average molecular weight is 263 g/mol. The largest absolute Gasteiger partial charge is 0.383 e. The van der Waals surface area contributed by atoms with E-state index in [2.05, 4.69) is 57.3 Å². The summed E-state index contributed by atoms with van der Waals surface area (Å²) in [4.78, 5) is 0. The van der Waals surface area contributed by atoms with Crippen molar-refractivity contribution in [3.05, 3.63) is 35.4 Å². The Bertz CT molecular complexity index is 375. The zero-order valence-electron chi connectivity index (χ0n) is 13.1. The third-order valence-corrected chi connectivity index (χ3v) is 4.10. The highest BCUT2D eigenvalue weighted by atomic mass is 16.5. The van der Waals surface area contributed by atoms with Crippen molar-refractivity contribution in [3.63, 3.8) is 0 Å². The molecular weight excluding hydrogens is 234 g/mol. The molecule has 19 heavy (non-hydrogen) atoms. The van der Waals surface area contributed by atoms with Gasteiger partial charge < -0.3 is 10.1 Å². The predicted octanol–water partition coefficient (Wildman–Crippen LogP) is 3.44. The molecule has 0 aliphatic heterocycles. The molecule has 0 fully saturated rings. The van der Waals surface area contributed by atoms with E-state index in [1.54, 1.807) is 7.11 Å². The van der Waals surface area contributed by atoms with Gasteiger partial charge in [0.15, 0.2) is 0 Å². The van der Waals surface area contributed by atoms with Gasteiger partial charge in [0.2, 0.25) is 0 Å². The Morgan fingerprint density at radius 1 is 1.32 bits per heavy atom. The molecule has 2 heteroatoms. The normalized spacial score (nSPS) is 14.6. The Morgan fingerprint density at radius 3 is 2.63 bits per heavy atom. The Balaban J connectivity index is 2.65. The van der Waals surface area contributed by atoms with Crippen LogP contribution in [0.5, 0.6) is 0 Å². The van der Waals surface area contributed by atoms with E-state index in [-0.39, 0.29) is 5.41 Å². The lowest BCUT2D eigenvalue weighted by Gasteiger charge is -2.34. The Hall–Kier alpha value is -0.860. The first-order valence-electron chi connectivity index (χ1n) is 7.23. The number of nitrogens with one attached hydrogen (secondary N) is 1. The Morgan fingerprint density at radius 2 is 2.05 bits per heavy atom. The van der Waals surface area contributed by atoms with Crippen LogP contribution >= 0.6 is 0 Å². The van der Waals surface area contributed by atoms with E-state index in [9.17, 15) is 0 Å². The summed E-state index contributed by atoms with van der Waals surface area (Å²) < 4.78 is 5.09. The van der Waals surface area contributed by atoms with E-state index in [4.69, 9.17) is 4.74 Å². The molecule has 0 aromatic heterocycles. The number of hydrogen-bond acceptors (Lipinski definition) is 2. The van der Waals surface area contributed by atoms with Gasteiger partial charge in [0.1, 0.15) is 0 Å². The maximum atomic E-state index is 5.09. The van der Waals surface area contributed by atoms with Gasteiger partial charge in [-0.25, -0.2) is 0 Å². The number of hydrogen-bond donors (Lipinski definition) is 1. The summed E-state index contributed by atoms with van der Waals surface area (Å²) in [6.07, 6.45) is 1.12. The number of aryl methyl sites for hydroxylation is 1. The molecule has 1 aromatic carbocycles. The molecule has 0 radical (unpaired) electrons. The molecule has 1 atom stereocenters. The van der Waals surface area contributed by atoms with Gasteiger partial charge in [-0.05, 0) is 30.2 Å². The molecular formula is C17H29NO. The topological polar surface area (TPSA) is 21.3 Å². The molecule has 1 N–H and O–H groups in total. The molecule has 1 aromatic rings. The van der Waals surface area contributed by atoms with Crippen LogP contribution in [0.4, 0.5) is 0 Å². The SMILES string of the molecule is COCCNCC(C)(Cc1cccc(C)c1)C(C)C. The maximum absolute atomic E-state index is 5.09. The van der Waals surface area contributed by atoms with Crippen molar-refractivity contribution in [2.45, 2.75) is 34.1 Å². The van der Waals surface area contributed by atoms with Crippen LogP contribution in [0.25, 0.3) is 0 Å². The minimum atomic E-state index is 0.279. The fourth-order valence-electron chi connectivity index (χ4n) is 2.31. The summed E-state index contributed by atoms with van der Waals surface area (Å²) in [6, 6.07) is 8.86. The Kier molecular flexibility index (Phi) is 6.53. The molecule has 108 valence electrons. The molecule has 0 saturated carbocycles. The zero-order valence-corrected chi connectivity index (χ0v) is 13.1. The second-order valence-electron chi connectivity index (χ2n) is 6.14. The van der Waals surface area contributed by atoms with Gasteiger partial charge >= 0.3 is 0 Å². The molecule has 1 rings (SSSR count). The molecule has 0 bridgehead atoms. The monoisotopic (exact) mass is 263 g/mol. The summed E-state index contributed by atoms with van der Waals surface area (Å²) in [6.45, 7) is 11.9. The smallest absolute Gasteiger partial charge is 0.0587 e. The van der Waals surface area contributed by atoms with Crippen molar-refractivity contribution in [2.75, 3.05) is 26.8 Å². The lowest BCUT2D eigenvalue weighted by Crippen LogP contribution is -2.39. The van der Waals surface area contributed by atoms with Crippen LogP contribution < -0.4 is 5.32 Å². The second-order valence-corrected chi connectivity index (χ2v) is 6.14. The third-order valence-electron chi connectivity index (χ3n) is 4.10. The van der Waals surface area contributed by atoms with Crippen LogP contribution in [0.3, 0.4) is 0 Å². The average Bonchev–Trinajstić information content (AvgIpc) is 2.34. The summed E-state index contributed by atoms with van der Waals surface area (Å²) in [5.74, 6) is 0.642. The fourth-order valence-corrected chi connectivity index (χ4v) is 2.31. The number of rotatable bonds is 8. The van der Waals surface area contributed by atoms with Gasteiger partial charge in [0.25, 0.3) is 0 Å². The summed E-state index contributed by atoms with van der Waals surface area (Å²) in [5.41, 5.74) is 3.06. The van der Waals surface area contributed by atoms with Gasteiger partial charge in [-0.3, -0.25) is 0 Å². The minimum absolute atomic E-state index is 0.279. The first-order valence-corrected chi connectivity index (χ1v) is 7.23. The maximum Gasteiger partial charge on any atom is 0.0587 e. The molecule has 0 saturated heterocycles. The van der Waals surface area contributed by atoms with Crippen molar-refractivity contribution in [1.29, 1.82) is 0 Å². The highest BCUT2D eigenvalue weighted by molar-refractivity contribution is 5.23. The van der Waals surface area contributed by atoms with Gasteiger partial charge in [0.05, 0.1) is 6.61 Å². The lowest BCUT2D eigenvalue weighted by molar-refractivity contribution is 0.175. The van der Waals surface area contributed by atoms with Crippen LogP contribution in [0.1, 0.15) is 31.9 Å². The quantitative estimate of drug-likeness (QED) is 0.726. The van der Waals surface area contributed by atoms with Crippen molar-refractivity contribution in [3.8, 4) is 0 Å². The van der Waals surface area contributed by atoms with E-state index in [1.165, 1.54) is 11.1 Å². The zero-order chi connectivity index (χ0) is 14.3. The molecule has 0 amide bonds. The first-order chi connectivity index (χ1) is 8.98. The molecule has 0 aliphatic rings. The van der Waals surface area contributed by atoms with Crippen LogP contribution in [-0.2, 0) is 11.2 Å². The lowest BCUT2D eigenvalue weighted by atomic mass is 9.74. The van der Waals surface area contributed by atoms with Crippen molar-refractivity contribution in [2.24, 2.45) is 11.3 Å². The number of ether oxygens (including phenoxy) is 1. The van der Waals surface area contributed by atoms with Crippen LogP contribution in [-0.4, -0.2) is 26.8 Å². The summed E-state index contributed by atoms with van der Waals surface area (Å²) in [5, 5.41) is 3.52. The van der Waals surface area contributed by atoms with Gasteiger partial charge in [-0.2, -0.15) is 0 Å². The summed E-state index contributed by atoms with van der Waals surface area (Å²) >= 11 is 0. The van der Waals surface area contributed by atoms with Crippen LogP contribution in [0.2, 0.25) is 0 Å². The van der Waals surface area contributed by atoms with E-state index in [0.717, 1.165) is 26.1 Å². The second kappa shape index (κ2) is 7.66.